The number of hydrogen-bond acceptors (Lipinski definition) is 3. The zero-order valence-electron chi connectivity index (χ0n) is 9.30. The van der Waals surface area contributed by atoms with E-state index in [9.17, 15) is 13.2 Å². The fourth-order valence-corrected chi connectivity index (χ4v) is 0.953. The van der Waals surface area contributed by atoms with E-state index < -0.39 is 30.6 Å². The Morgan fingerprint density at radius 2 is 1.94 bits per heavy atom. The molecule has 0 saturated heterocycles. The first kappa shape index (κ1) is 15.2. The van der Waals surface area contributed by atoms with E-state index in [0.717, 1.165) is 0 Å². The molecule has 2 atom stereocenters. The molecule has 0 spiro atoms. The minimum Gasteiger partial charge on any atom is -0.387 e. The van der Waals surface area contributed by atoms with Gasteiger partial charge in [-0.2, -0.15) is 13.2 Å². The predicted octanol–water partition coefficient (Wildman–Crippen LogP) is 1.54. The highest BCUT2D eigenvalue weighted by atomic mass is 19.4. The van der Waals surface area contributed by atoms with Gasteiger partial charge in [0.25, 0.3) is 0 Å². The van der Waals surface area contributed by atoms with Crippen LogP contribution >= 0.6 is 0 Å². The van der Waals surface area contributed by atoms with Gasteiger partial charge in [-0.15, -0.1) is 0 Å². The molecule has 0 bridgehead atoms. The van der Waals surface area contributed by atoms with E-state index in [0.29, 0.717) is 6.61 Å². The topological polar surface area (TPSA) is 68.3 Å². The minimum absolute atomic E-state index is 0.221. The van der Waals surface area contributed by atoms with Crippen molar-refractivity contribution in [3.63, 3.8) is 0 Å². The second kappa shape index (κ2) is 6.70. The molecular weight excluding hydrogens is 225 g/mol. The van der Waals surface area contributed by atoms with Crippen molar-refractivity contribution in [3.05, 3.63) is 0 Å². The molecule has 2 unspecified atom stereocenters. The maximum absolute atomic E-state index is 12.3. The molecule has 4 nitrogen and oxygen atoms in total. The lowest BCUT2D eigenvalue weighted by atomic mass is 10.1. The SMILES string of the molecule is CCOCC(C)OCC(C(=N)N)C(F)(F)F. The predicted molar refractivity (Wildman–Crippen MR) is 53.4 cm³/mol. The summed E-state index contributed by atoms with van der Waals surface area (Å²) in [5, 5.41) is 6.84. The van der Waals surface area contributed by atoms with Crippen molar-refractivity contribution in [1.82, 2.24) is 0 Å². The van der Waals surface area contributed by atoms with Crippen LogP contribution in [0.4, 0.5) is 13.2 Å². The van der Waals surface area contributed by atoms with Crippen LogP contribution in [-0.4, -0.2) is 37.9 Å². The summed E-state index contributed by atoms with van der Waals surface area (Å²) in [5.41, 5.74) is 4.86. The van der Waals surface area contributed by atoms with E-state index >= 15 is 0 Å². The number of nitrogens with two attached hydrogens (primary N) is 1. The van der Waals surface area contributed by atoms with Crippen LogP contribution in [0.25, 0.3) is 0 Å². The molecule has 0 aliphatic rings. The Balaban J connectivity index is 4.08. The number of amidine groups is 1. The molecule has 0 aliphatic heterocycles. The highest BCUT2D eigenvalue weighted by Crippen LogP contribution is 2.26. The van der Waals surface area contributed by atoms with E-state index in [1.54, 1.807) is 13.8 Å². The van der Waals surface area contributed by atoms with E-state index in [2.05, 4.69) is 0 Å². The molecule has 7 heteroatoms. The van der Waals surface area contributed by atoms with Crippen LogP contribution < -0.4 is 5.73 Å². The lowest BCUT2D eigenvalue weighted by Gasteiger charge is -2.21. The summed E-state index contributed by atoms with van der Waals surface area (Å²) in [4.78, 5) is 0. The van der Waals surface area contributed by atoms with E-state index in [1.165, 1.54) is 0 Å². The van der Waals surface area contributed by atoms with Crippen molar-refractivity contribution in [2.24, 2.45) is 11.7 Å². The van der Waals surface area contributed by atoms with Gasteiger partial charge in [0, 0.05) is 6.61 Å². The van der Waals surface area contributed by atoms with E-state index in [4.69, 9.17) is 20.6 Å². The van der Waals surface area contributed by atoms with Gasteiger partial charge in [0.1, 0.15) is 11.8 Å². The summed E-state index contributed by atoms with van der Waals surface area (Å²) in [6.45, 7) is 3.43. The first-order valence-electron chi connectivity index (χ1n) is 4.89. The molecular formula is C9H17F3N2O2. The summed E-state index contributed by atoms with van der Waals surface area (Å²) in [6.07, 6.45) is -5.00. The molecule has 0 aromatic carbocycles. The summed E-state index contributed by atoms with van der Waals surface area (Å²) in [6, 6.07) is 0. The molecule has 96 valence electrons. The standard InChI is InChI=1S/C9H17F3N2O2/c1-3-15-4-6(2)16-5-7(8(13)14)9(10,11)12/h6-7H,3-5H2,1-2H3,(H3,13,14). The van der Waals surface area contributed by atoms with Crippen molar-refractivity contribution in [2.45, 2.75) is 26.1 Å². The first-order chi connectivity index (χ1) is 7.29. The van der Waals surface area contributed by atoms with E-state index in [1.807, 2.05) is 0 Å². The van der Waals surface area contributed by atoms with Gasteiger partial charge in [0.2, 0.25) is 0 Å². The largest absolute Gasteiger partial charge is 0.400 e. The quantitative estimate of drug-likeness (QED) is 0.525. The second-order valence-corrected chi connectivity index (χ2v) is 3.35. The van der Waals surface area contributed by atoms with Crippen LogP contribution in [0.15, 0.2) is 0 Å². The normalized spacial score (nSPS) is 15.8. The molecule has 0 fully saturated rings. The van der Waals surface area contributed by atoms with Crippen LogP contribution in [0.1, 0.15) is 13.8 Å². The maximum atomic E-state index is 12.3. The van der Waals surface area contributed by atoms with Crippen molar-refractivity contribution < 1.29 is 22.6 Å². The van der Waals surface area contributed by atoms with Gasteiger partial charge in [-0.05, 0) is 13.8 Å². The third kappa shape index (κ3) is 5.92. The second-order valence-electron chi connectivity index (χ2n) is 3.35. The number of nitrogens with one attached hydrogen (secondary N) is 1. The fraction of sp³-hybridized carbons (Fsp3) is 0.889. The zero-order valence-corrected chi connectivity index (χ0v) is 9.30. The van der Waals surface area contributed by atoms with Gasteiger partial charge >= 0.3 is 6.18 Å². The monoisotopic (exact) mass is 242 g/mol. The smallest absolute Gasteiger partial charge is 0.387 e. The highest BCUT2D eigenvalue weighted by molar-refractivity contribution is 5.80. The van der Waals surface area contributed by atoms with E-state index in [-0.39, 0.29) is 6.61 Å². The van der Waals surface area contributed by atoms with Crippen LogP contribution in [0, 0.1) is 11.3 Å². The number of alkyl halides is 3. The maximum Gasteiger partial charge on any atom is 0.400 e. The Labute approximate surface area is 92.4 Å². The highest BCUT2D eigenvalue weighted by Gasteiger charge is 2.42. The van der Waals surface area contributed by atoms with Gasteiger partial charge in [0.05, 0.1) is 19.3 Å². The van der Waals surface area contributed by atoms with Gasteiger partial charge in [-0.25, -0.2) is 0 Å². The molecule has 0 heterocycles. The number of ether oxygens (including phenoxy) is 2. The lowest BCUT2D eigenvalue weighted by Crippen LogP contribution is -2.39. The van der Waals surface area contributed by atoms with Crippen molar-refractivity contribution in [2.75, 3.05) is 19.8 Å². The summed E-state index contributed by atoms with van der Waals surface area (Å²) >= 11 is 0. The Morgan fingerprint density at radius 1 is 1.38 bits per heavy atom. The number of rotatable bonds is 7. The van der Waals surface area contributed by atoms with Crippen LogP contribution in [-0.2, 0) is 9.47 Å². The van der Waals surface area contributed by atoms with Crippen LogP contribution in [0.2, 0.25) is 0 Å². The molecule has 0 aromatic heterocycles. The van der Waals surface area contributed by atoms with Gasteiger partial charge in [-0.1, -0.05) is 0 Å². The first-order valence-corrected chi connectivity index (χ1v) is 4.89. The Bertz CT molecular complexity index is 221. The summed E-state index contributed by atoms with van der Waals surface area (Å²) < 4.78 is 46.9. The Hall–Kier alpha value is -0.820. The third-order valence-electron chi connectivity index (χ3n) is 1.87. The minimum atomic E-state index is -4.54. The molecule has 0 saturated carbocycles. The van der Waals surface area contributed by atoms with Crippen molar-refractivity contribution >= 4 is 5.84 Å². The molecule has 16 heavy (non-hydrogen) atoms. The summed E-state index contributed by atoms with van der Waals surface area (Å²) in [7, 11) is 0. The van der Waals surface area contributed by atoms with Gasteiger partial charge in [-0.3, -0.25) is 5.41 Å². The Morgan fingerprint density at radius 3 is 2.31 bits per heavy atom. The van der Waals surface area contributed by atoms with Crippen molar-refractivity contribution in [3.8, 4) is 0 Å². The fourth-order valence-electron chi connectivity index (χ4n) is 0.953. The average Bonchev–Trinajstić information content (AvgIpc) is 2.12. The number of halogens is 3. The molecule has 3 N–H and O–H groups in total. The molecule has 0 amide bonds. The molecule has 0 rings (SSSR count). The third-order valence-corrected chi connectivity index (χ3v) is 1.87. The van der Waals surface area contributed by atoms with Crippen LogP contribution in [0.3, 0.4) is 0 Å². The zero-order chi connectivity index (χ0) is 12.8. The molecule has 0 aromatic rings. The van der Waals surface area contributed by atoms with Crippen LogP contribution in [0.5, 0.6) is 0 Å². The van der Waals surface area contributed by atoms with Crippen molar-refractivity contribution in [1.29, 1.82) is 5.41 Å². The van der Waals surface area contributed by atoms with Gasteiger partial charge in [0.15, 0.2) is 0 Å². The lowest BCUT2D eigenvalue weighted by molar-refractivity contribution is -0.173. The van der Waals surface area contributed by atoms with Gasteiger partial charge < -0.3 is 15.2 Å². The Kier molecular flexibility index (Phi) is 6.35. The molecule has 0 aliphatic carbocycles. The summed E-state index contributed by atoms with van der Waals surface area (Å²) in [5.74, 6) is -2.98. The average molecular weight is 242 g/mol. The molecule has 0 radical (unpaired) electrons. The number of hydrogen-bond donors (Lipinski definition) is 2.